The summed E-state index contributed by atoms with van der Waals surface area (Å²) in [5.74, 6) is 6.59. The van der Waals surface area contributed by atoms with Crippen LogP contribution in [0, 0.1) is 11.8 Å². The molecule has 1 heterocycles. The Bertz CT molecular complexity index is 450. The lowest BCUT2D eigenvalue weighted by molar-refractivity contribution is 0.701. The van der Waals surface area contributed by atoms with Gasteiger partial charge in [-0.25, -0.2) is 4.98 Å². The number of nitrogen functional groups attached to an aromatic ring is 1. The van der Waals surface area contributed by atoms with Gasteiger partial charge in [0.2, 0.25) is 0 Å². The maximum atomic E-state index is 5.92. The molecule has 0 unspecified atom stereocenters. The van der Waals surface area contributed by atoms with Gasteiger partial charge in [-0.3, -0.25) is 0 Å². The molecule has 1 aliphatic rings. The second-order valence-electron chi connectivity index (χ2n) is 3.93. The molecular weight excluding hydrogens is 325 g/mol. The van der Waals surface area contributed by atoms with Gasteiger partial charge in [0.15, 0.2) is 0 Å². The number of halogens is 3. The smallest absolute Gasteiger partial charge is 0.137 e. The zero-order valence-electron chi connectivity index (χ0n) is 9.07. The molecule has 94 valence electrons. The minimum atomic E-state index is -0.00846. The van der Waals surface area contributed by atoms with E-state index in [9.17, 15) is 0 Å². The van der Waals surface area contributed by atoms with E-state index in [1.54, 1.807) is 6.20 Å². The van der Waals surface area contributed by atoms with Crippen molar-refractivity contribution in [3.63, 3.8) is 0 Å². The molecule has 0 saturated heterocycles. The predicted octanol–water partition coefficient (Wildman–Crippen LogP) is 2.50. The third kappa shape index (κ3) is 4.72. The maximum absolute atomic E-state index is 5.92. The highest BCUT2D eigenvalue weighted by atomic mass is 79.9. The van der Waals surface area contributed by atoms with Crippen LogP contribution in [0.4, 0.5) is 5.82 Å². The number of nitrogens with two attached hydrogens (primary N) is 2. The summed E-state index contributed by atoms with van der Waals surface area (Å²) in [5.41, 5.74) is 12.3. The Balaban J connectivity index is 0.00000128. The van der Waals surface area contributed by atoms with Crippen LogP contribution in [-0.4, -0.2) is 10.5 Å². The van der Waals surface area contributed by atoms with E-state index in [2.05, 4.69) is 32.8 Å². The molecule has 1 saturated carbocycles. The topological polar surface area (TPSA) is 64.9 Å². The van der Waals surface area contributed by atoms with E-state index in [-0.39, 0.29) is 30.4 Å². The minimum Gasteiger partial charge on any atom is -0.383 e. The molecule has 0 atom stereocenters. The normalized spacial score (nSPS) is 14.7. The number of pyridine rings is 1. The zero-order valence-corrected chi connectivity index (χ0v) is 12.3. The number of rotatable bonds is 1. The van der Waals surface area contributed by atoms with E-state index in [1.807, 2.05) is 6.07 Å². The van der Waals surface area contributed by atoms with Crippen LogP contribution in [0.25, 0.3) is 0 Å². The summed E-state index contributed by atoms with van der Waals surface area (Å²) in [4.78, 5) is 4.01. The third-order valence-corrected chi connectivity index (χ3v) is 3.07. The summed E-state index contributed by atoms with van der Waals surface area (Å²) in [6.45, 7) is 0. The van der Waals surface area contributed by atoms with Gasteiger partial charge in [-0.15, -0.1) is 24.8 Å². The maximum Gasteiger partial charge on any atom is 0.137 e. The molecule has 1 aliphatic carbocycles. The van der Waals surface area contributed by atoms with Crippen molar-refractivity contribution in [2.24, 2.45) is 5.73 Å². The highest BCUT2D eigenvalue weighted by molar-refractivity contribution is 9.10. The highest BCUT2D eigenvalue weighted by Crippen LogP contribution is 2.34. The van der Waals surface area contributed by atoms with Crippen molar-refractivity contribution in [3.8, 4) is 11.8 Å². The molecule has 4 N–H and O–H groups in total. The lowest BCUT2D eigenvalue weighted by atomic mass is 10.2. The molecular formula is C11H14BrCl2N3. The fraction of sp³-hybridized carbons (Fsp3) is 0.364. The Kier molecular flexibility index (Phi) is 6.28. The first-order valence-electron chi connectivity index (χ1n) is 4.78. The summed E-state index contributed by atoms with van der Waals surface area (Å²) in [5, 5.41) is 0. The first-order valence-corrected chi connectivity index (χ1v) is 5.57. The molecule has 17 heavy (non-hydrogen) atoms. The molecule has 0 radical (unpaired) electrons. The Morgan fingerprint density at radius 1 is 1.41 bits per heavy atom. The minimum absolute atomic E-state index is 0. The second-order valence-corrected chi connectivity index (χ2v) is 4.79. The van der Waals surface area contributed by atoms with Crippen molar-refractivity contribution in [1.82, 2.24) is 4.98 Å². The van der Waals surface area contributed by atoms with Gasteiger partial charge in [-0.05, 0) is 34.8 Å². The lowest BCUT2D eigenvalue weighted by Gasteiger charge is -1.99. The fourth-order valence-corrected chi connectivity index (χ4v) is 1.53. The van der Waals surface area contributed by atoms with Gasteiger partial charge in [-0.1, -0.05) is 11.8 Å². The van der Waals surface area contributed by atoms with Crippen LogP contribution in [0.2, 0.25) is 0 Å². The van der Waals surface area contributed by atoms with Crippen molar-refractivity contribution >= 4 is 46.6 Å². The van der Waals surface area contributed by atoms with E-state index in [0.29, 0.717) is 5.82 Å². The van der Waals surface area contributed by atoms with Crippen LogP contribution >= 0.6 is 40.7 Å². The van der Waals surface area contributed by atoms with E-state index in [1.165, 1.54) is 0 Å². The van der Waals surface area contributed by atoms with Gasteiger partial charge in [0.25, 0.3) is 0 Å². The van der Waals surface area contributed by atoms with Gasteiger partial charge in [0.1, 0.15) is 5.82 Å². The van der Waals surface area contributed by atoms with Crippen LogP contribution in [0.15, 0.2) is 16.7 Å². The summed E-state index contributed by atoms with van der Waals surface area (Å²) in [6, 6.07) is 1.87. The number of hydrogen-bond donors (Lipinski definition) is 2. The third-order valence-electron chi connectivity index (χ3n) is 2.44. The molecule has 0 amide bonds. The van der Waals surface area contributed by atoms with Gasteiger partial charge >= 0.3 is 0 Å². The Morgan fingerprint density at radius 2 is 2.06 bits per heavy atom. The molecule has 0 aliphatic heterocycles. The number of nitrogens with zero attached hydrogens (tertiary/aromatic N) is 1. The van der Waals surface area contributed by atoms with Crippen LogP contribution < -0.4 is 11.5 Å². The van der Waals surface area contributed by atoms with E-state index in [4.69, 9.17) is 11.5 Å². The molecule has 1 fully saturated rings. The van der Waals surface area contributed by atoms with Crippen LogP contribution in [-0.2, 0) is 0 Å². The first-order chi connectivity index (χ1) is 7.09. The average Bonchev–Trinajstić information content (AvgIpc) is 2.90. The van der Waals surface area contributed by atoms with Crippen LogP contribution in [0.5, 0.6) is 0 Å². The molecule has 1 aromatic rings. The van der Waals surface area contributed by atoms with Crippen molar-refractivity contribution < 1.29 is 0 Å². The molecule has 0 spiro atoms. The molecule has 0 aromatic carbocycles. The Hall–Kier alpha value is -0.470. The summed E-state index contributed by atoms with van der Waals surface area (Å²) in [6.07, 6.45) is 4.61. The Morgan fingerprint density at radius 3 is 2.59 bits per heavy atom. The largest absolute Gasteiger partial charge is 0.383 e. The summed E-state index contributed by atoms with van der Waals surface area (Å²) >= 11 is 3.31. The van der Waals surface area contributed by atoms with E-state index >= 15 is 0 Å². The van der Waals surface area contributed by atoms with Crippen molar-refractivity contribution in [2.75, 3.05) is 5.73 Å². The zero-order chi connectivity index (χ0) is 10.9. The number of anilines is 1. The summed E-state index contributed by atoms with van der Waals surface area (Å²) in [7, 11) is 0. The molecule has 1 aromatic heterocycles. The standard InChI is InChI=1S/C11H12BrN3.2ClH/c12-9-6-8(7-15-10(9)13)2-1-3-11(14)4-5-11;;/h6-7H,3-5,14H2,(H2,13,15);2*1H. The Labute approximate surface area is 122 Å². The summed E-state index contributed by atoms with van der Waals surface area (Å²) < 4.78 is 0.781. The van der Waals surface area contributed by atoms with Crippen LogP contribution in [0.3, 0.4) is 0 Å². The molecule has 3 nitrogen and oxygen atoms in total. The number of hydrogen-bond acceptors (Lipinski definition) is 3. The lowest BCUT2D eigenvalue weighted by Crippen LogP contribution is -2.20. The molecule has 0 bridgehead atoms. The average molecular weight is 339 g/mol. The van der Waals surface area contributed by atoms with E-state index < -0.39 is 0 Å². The van der Waals surface area contributed by atoms with Crippen molar-refractivity contribution in [2.45, 2.75) is 24.8 Å². The van der Waals surface area contributed by atoms with Gasteiger partial charge in [-0.2, -0.15) is 0 Å². The van der Waals surface area contributed by atoms with Gasteiger partial charge in [0.05, 0.1) is 4.47 Å². The quantitative estimate of drug-likeness (QED) is 0.773. The van der Waals surface area contributed by atoms with Gasteiger partial charge in [0, 0.05) is 23.7 Å². The monoisotopic (exact) mass is 337 g/mol. The van der Waals surface area contributed by atoms with Gasteiger partial charge < -0.3 is 11.5 Å². The highest BCUT2D eigenvalue weighted by Gasteiger charge is 2.36. The van der Waals surface area contributed by atoms with E-state index in [0.717, 1.165) is 29.3 Å². The first kappa shape index (κ1) is 16.5. The van der Waals surface area contributed by atoms with Crippen LogP contribution in [0.1, 0.15) is 24.8 Å². The number of aromatic nitrogens is 1. The van der Waals surface area contributed by atoms with Crippen molar-refractivity contribution in [1.29, 1.82) is 0 Å². The molecule has 6 heteroatoms. The van der Waals surface area contributed by atoms with Crippen molar-refractivity contribution in [3.05, 3.63) is 22.3 Å². The molecule has 2 rings (SSSR count). The predicted molar refractivity (Wildman–Crippen MR) is 78.5 cm³/mol. The SMILES string of the molecule is Cl.Cl.Nc1ncc(C#CCC2(N)CC2)cc1Br. The fourth-order valence-electron chi connectivity index (χ4n) is 1.18. The second kappa shape index (κ2) is 6.46.